The molecule has 3 aromatic rings. The van der Waals surface area contributed by atoms with Gasteiger partial charge >= 0.3 is 0 Å². The van der Waals surface area contributed by atoms with Gasteiger partial charge in [-0.2, -0.15) is 0 Å². The van der Waals surface area contributed by atoms with Crippen LogP contribution in [0, 0.1) is 0 Å². The van der Waals surface area contributed by atoms with Crippen molar-refractivity contribution < 1.29 is 30.0 Å². The normalized spacial score (nSPS) is 21.3. The molecule has 5 atom stereocenters. The number of carbonyl (C=O) groups excluding carboxylic acids is 1. The van der Waals surface area contributed by atoms with Crippen LogP contribution in [-0.2, 0) is 4.74 Å². The summed E-state index contributed by atoms with van der Waals surface area (Å²) in [5, 5.41) is 46.2. The molecule has 0 radical (unpaired) electrons. The Kier molecular flexibility index (Phi) is 12.0. The molecule has 1 saturated heterocycles. The zero-order valence-electron chi connectivity index (χ0n) is 22.6. The molecule has 2 aromatic heterocycles. The van der Waals surface area contributed by atoms with Crippen molar-refractivity contribution in [1.29, 1.82) is 0 Å². The number of anilines is 1. The fourth-order valence-electron chi connectivity index (χ4n) is 4.38. The standard InChI is InChI=1S/C18H26ClN3O.C8H12N4O5/c1-3-22(11-12-23)10-4-5-14(2)21-17-8-9-20-18-13-15(19)6-7-16(17)18;9-6(16)7-10-2-12(11-7)8-5(15)4(14)3(1-13)17-8/h6-9,13-14,23H,3-5,10-12H2,1-2H3,(H,20,21);2-5,8,13-15H,1H2,(H2,9,16)/t;3-,4-,5-,8-/m.1/s1. The van der Waals surface area contributed by atoms with Crippen molar-refractivity contribution in [3.05, 3.63) is 47.6 Å². The number of aliphatic hydroxyl groups excluding tert-OH is 4. The lowest BCUT2D eigenvalue weighted by Gasteiger charge is -2.21. The van der Waals surface area contributed by atoms with E-state index in [1.54, 1.807) is 0 Å². The lowest BCUT2D eigenvalue weighted by molar-refractivity contribution is -0.0588. The van der Waals surface area contributed by atoms with Crippen LogP contribution in [0.3, 0.4) is 0 Å². The van der Waals surface area contributed by atoms with E-state index in [-0.39, 0.29) is 12.4 Å². The number of aromatic nitrogens is 4. The summed E-state index contributed by atoms with van der Waals surface area (Å²) in [5.41, 5.74) is 6.98. The highest BCUT2D eigenvalue weighted by molar-refractivity contribution is 6.31. The van der Waals surface area contributed by atoms with E-state index in [1.807, 2.05) is 30.5 Å². The third-order valence-corrected chi connectivity index (χ3v) is 6.82. The molecule has 13 nitrogen and oxygen atoms in total. The summed E-state index contributed by atoms with van der Waals surface area (Å²) in [4.78, 5) is 21.0. The minimum absolute atomic E-state index is 0.220. The minimum atomic E-state index is -1.27. The predicted octanol–water partition coefficient (Wildman–Crippen LogP) is 0.772. The number of benzene rings is 1. The van der Waals surface area contributed by atoms with E-state index in [2.05, 4.69) is 39.1 Å². The fraction of sp³-hybridized carbons (Fsp3) is 0.538. The summed E-state index contributed by atoms with van der Waals surface area (Å²) >= 11 is 6.03. The van der Waals surface area contributed by atoms with Crippen LogP contribution in [0.25, 0.3) is 10.9 Å². The second kappa shape index (κ2) is 15.2. The van der Waals surface area contributed by atoms with Crippen molar-refractivity contribution >= 4 is 34.1 Å². The topological polar surface area (TPSA) is 192 Å². The number of hydrogen-bond acceptors (Lipinski definition) is 11. The summed E-state index contributed by atoms with van der Waals surface area (Å²) in [5.74, 6) is -1.03. The number of halogens is 1. The van der Waals surface area contributed by atoms with Crippen molar-refractivity contribution in [2.45, 2.75) is 57.3 Å². The predicted molar refractivity (Wildman–Crippen MR) is 150 cm³/mol. The Balaban J connectivity index is 0.000000230. The molecular formula is C26H38ClN7O6. The molecule has 220 valence electrons. The van der Waals surface area contributed by atoms with Crippen LogP contribution in [0.4, 0.5) is 5.69 Å². The summed E-state index contributed by atoms with van der Waals surface area (Å²) in [6.45, 7) is 6.89. The van der Waals surface area contributed by atoms with Gasteiger partial charge in [0, 0.05) is 34.9 Å². The van der Waals surface area contributed by atoms with Crippen LogP contribution in [0.1, 0.15) is 43.5 Å². The molecule has 7 N–H and O–H groups in total. The number of nitrogens with one attached hydrogen (secondary N) is 1. The Morgan fingerprint density at radius 2 is 2.00 bits per heavy atom. The molecule has 1 fully saturated rings. The Labute approximate surface area is 237 Å². The lowest BCUT2D eigenvalue weighted by atomic mass is 10.1. The molecule has 0 saturated carbocycles. The first-order valence-electron chi connectivity index (χ1n) is 13.2. The van der Waals surface area contributed by atoms with Gasteiger partial charge in [0.15, 0.2) is 6.23 Å². The molecule has 1 unspecified atom stereocenters. The van der Waals surface area contributed by atoms with Crippen LogP contribution in [0.15, 0.2) is 36.8 Å². The molecular weight excluding hydrogens is 542 g/mol. The average molecular weight is 580 g/mol. The first-order chi connectivity index (χ1) is 19.2. The first kappa shape index (κ1) is 31.6. The van der Waals surface area contributed by atoms with E-state index < -0.39 is 37.1 Å². The van der Waals surface area contributed by atoms with Crippen molar-refractivity contribution in [3.63, 3.8) is 0 Å². The van der Waals surface area contributed by atoms with E-state index in [0.29, 0.717) is 11.1 Å². The lowest BCUT2D eigenvalue weighted by Crippen LogP contribution is -2.33. The largest absolute Gasteiger partial charge is 0.395 e. The molecule has 0 spiro atoms. The summed E-state index contributed by atoms with van der Waals surface area (Å²) in [6, 6.07) is 8.19. The van der Waals surface area contributed by atoms with Gasteiger partial charge in [0.1, 0.15) is 24.6 Å². The van der Waals surface area contributed by atoms with Gasteiger partial charge in [0.25, 0.3) is 5.91 Å². The van der Waals surface area contributed by atoms with E-state index in [9.17, 15) is 15.0 Å². The summed E-state index contributed by atoms with van der Waals surface area (Å²) in [7, 11) is 0. The van der Waals surface area contributed by atoms with Crippen molar-refractivity contribution in [2.24, 2.45) is 5.73 Å². The molecule has 3 heterocycles. The monoisotopic (exact) mass is 579 g/mol. The van der Waals surface area contributed by atoms with Gasteiger partial charge in [-0.25, -0.2) is 9.67 Å². The maximum Gasteiger partial charge on any atom is 0.288 e. The Bertz CT molecular complexity index is 1230. The van der Waals surface area contributed by atoms with Crippen LogP contribution in [0.5, 0.6) is 0 Å². The highest BCUT2D eigenvalue weighted by Gasteiger charge is 2.44. The van der Waals surface area contributed by atoms with Crippen molar-refractivity contribution in [2.75, 3.05) is 38.2 Å². The van der Waals surface area contributed by atoms with Gasteiger partial charge in [-0.15, -0.1) is 5.10 Å². The number of fused-ring (bicyclic) bond motifs is 1. The molecule has 14 heteroatoms. The SMILES string of the molecule is CCN(CCO)CCCC(C)Nc1ccnc2cc(Cl)ccc12.NC(=O)c1ncn([C@@H]2O[C@H](CO)[C@@H](O)[C@H]2O)n1. The number of hydrogen-bond donors (Lipinski definition) is 6. The number of amides is 1. The molecule has 1 amide bonds. The maximum absolute atomic E-state index is 10.8. The van der Waals surface area contributed by atoms with Crippen LogP contribution >= 0.6 is 11.6 Å². The molecule has 0 aliphatic carbocycles. The summed E-state index contributed by atoms with van der Waals surface area (Å²) < 4.78 is 6.25. The van der Waals surface area contributed by atoms with Crippen LogP contribution in [-0.4, -0.2) is 108 Å². The van der Waals surface area contributed by atoms with Gasteiger partial charge < -0.3 is 41.1 Å². The fourth-order valence-corrected chi connectivity index (χ4v) is 4.55. The molecule has 0 bridgehead atoms. The van der Waals surface area contributed by atoms with Gasteiger partial charge in [-0.05, 0) is 57.1 Å². The number of pyridine rings is 1. The molecule has 1 aliphatic heterocycles. The number of rotatable bonds is 12. The number of ether oxygens (including phenoxy) is 1. The second-order valence-electron chi connectivity index (χ2n) is 9.51. The van der Waals surface area contributed by atoms with E-state index >= 15 is 0 Å². The Hall–Kier alpha value is -2.91. The Morgan fingerprint density at radius 3 is 2.62 bits per heavy atom. The smallest absolute Gasteiger partial charge is 0.288 e. The number of likely N-dealkylation sites (N-methyl/N-ethyl adjacent to an activating group) is 1. The highest BCUT2D eigenvalue weighted by atomic mass is 35.5. The van der Waals surface area contributed by atoms with Crippen LogP contribution < -0.4 is 11.1 Å². The number of aliphatic hydroxyl groups is 4. The number of primary amides is 1. The molecule has 4 rings (SSSR count). The zero-order chi connectivity index (χ0) is 29.2. The van der Waals surface area contributed by atoms with Crippen molar-refractivity contribution in [3.8, 4) is 0 Å². The first-order valence-corrected chi connectivity index (χ1v) is 13.5. The third kappa shape index (κ3) is 8.30. The maximum atomic E-state index is 10.8. The van der Waals surface area contributed by atoms with Crippen LogP contribution in [0.2, 0.25) is 5.02 Å². The number of carbonyl (C=O) groups is 1. The minimum Gasteiger partial charge on any atom is -0.395 e. The molecule has 40 heavy (non-hydrogen) atoms. The second-order valence-corrected chi connectivity index (χ2v) is 9.94. The van der Waals surface area contributed by atoms with Gasteiger partial charge in [-0.1, -0.05) is 18.5 Å². The van der Waals surface area contributed by atoms with E-state index in [1.165, 1.54) is 0 Å². The van der Waals surface area contributed by atoms with E-state index in [0.717, 1.165) is 60.1 Å². The quantitative estimate of drug-likeness (QED) is 0.177. The highest BCUT2D eigenvalue weighted by Crippen LogP contribution is 2.28. The van der Waals surface area contributed by atoms with Gasteiger partial charge in [-0.3, -0.25) is 9.78 Å². The number of nitrogens with two attached hydrogens (primary N) is 1. The summed E-state index contributed by atoms with van der Waals surface area (Å²) in [6.07, 6.45) is 0.740. The zero-order valence-corrected chi connectivity index (χ0v) is 23.4. The van der Waals surface area contributed by atoms with E-state index in [4.69, 9.17) is 32.3 Å². The molecule has 1 aliphatic rings. The Morgan fingerprint density at radius 1 is 1.23 bits per heavy atom. The van der Waals surface area contributed by atoms with Gasteiger partial charge in [0.2, 0.25) is 5.82 Å². The third-order valence-electron chi connectivity index (χ3n) is 6.59. The van der Waals surface area contributed by atoms with Crippen molar-refractivity contribution in [1.82, 2.24) is 24.6 Å². The van der Waals surface area contributed by atoms with Gasteiger partial charge in [0.05, 0.1) is 18.7 Å². The average Bonchev–Trinajstić information content (AvgIpc) is 3.53. The number of nitrogens with zero attached hydrogens (tertiary/aromatic N) is 5. The molecule has 1 aromatic carbocycles.